The van der Waals surface area contributed by atoms with E-state index < -0.39 is 0 Å². The summed E-state index contributed by atoms with van der Waals surface area (Å²) in [4.78, 5) is 13.1. The zero-order valence-electron chi connectivity index (χ0n) is 11.8. The van der Waals surface area contributed by atoms with Crippen LogP contribution in [0.1, 0.15) is 24.2 Å². The number of hydrogen-bond acceptors (Lipinski definition) is 4. The minimum Gasteiger partial charge on any atom is -0.316 e. The number of benzene rings is 1. The van der Waals surface area contributed by atoms with Gasteiger partial charge in [0.15, 0.2) is 0 Å². The van der Waals surface area contributed by atoms with Crippen molar-refractivity contribution in [2.24, 2.45) is 0 Å². The second-order valence-electron chi connectivity index (χ2n) is 4.35. The Hall–Kier alpha value is -2.05. The Kier molecular flexibility index (Phi) is 7.28. The lowest BCUT2D eigenvalue weighted by atomic mass is 10.1. The molecule has 1 aromatic rings. The number of nitriles is 2. The molecule has 0 radical (unpaired) electrons. The molecule has 1 aromatic carbocycles. The van der Waals surface area contributed by atoms with Gasteiger partial charge in [0.05, 0.1) is 12.1 Å². The summed E-state index contributed by atoms with van der Waals surface area (Å²) in [5, 5.41) is 17.2. The van der Waals surface area contributed by atoms with Gasteiger partial charge in [0.2, 0.25) is 5.91 Å². The van der Waals surface area contributed by atoms with Crippen LogP contribution in [-0.2, 0) is 4.79 Å². The number of amides is 1. The molecule has 0 bridgehead atoms. The van der Waals surface area contributed by atoms with E-state index in [1.807, 2.05) is 19.1 Å². The molecule has 21 heavy (non-hydrogen) atoms. The summed E-state index contributed by atoms with van der Waals surface area (Å²) in [6.07, 6.45) is 0.229. The fourth-order valence-corrected chi connectivity index (χ4v) is 2.80. The average Bonchev–Trinajstić information content (AvgIpc) is 2.47. The fourth-order valence-electron chi connectivity index (χ4n) is 1.78. The topological polar surface area (TPSA) is 67.9 Å². The van der Waals surface area contributed by atoms with E-state index >= 15 is 0 Å². The number of hydrogen-bond donors (Lipinski definition) is 0. The Bertz CT molecular complexity index is 549. The van der Waals surface area contributed by atoms with Crippen molar-refractivity contribution >= 4 is 17.7 Å². The van der Waals surface area contributed by atoms with Crippen LogP contribution in [0.4, 0.5) is 4.39 Å². The van der Waals surface area contributed by atoms with Crippen molar-refractivity contribution in [3.8, 4) is 12.1 Å². The van der Waals surface area contributed by atoms with Crippen molar-refractivity contribution in [2.75, 3.05) is 18.8 Å². The largest absolute Gasteiger partial charge is 0.316 e. The van der Waals surface area contributed by atoms with Crippen LogP contribution in [0, 0.1) is 28.5 Å². The van der Waals surface area contributed by atoms with E-state index in [0.29, 0.717) is 11.3 Å². The number of carbonyl (C=O) groups excluding carboxylic acids is 1. The molecule has 0 saturated heterocycles. The first-order chi connectivity index (χ1) is 10.1. The molecule has 0 aliphatic heterocycles. The van der Waals surface area contributed by atoms with Gasteiger partial charge in [-0.3, -0.25) is 4.79 Å². The summed E-state index contributed by atoms with van der Waals surface area (Å²) in [6.45, 7) is 1.72. The Morgan fingerprint density at radius 1 is 1.33 bits per heavy atom. The Morgan fingerprint density at radius 3 is 2.52 bits per heavy atom. The van der Waals surface area contributed by atoms with Gasteiger partial charge in [0, 0.05) is 23.0 Å². The highest BCUT2D eigenvalue weighted by Gasteiger charge is 2.15. The Morgan fingerprint density at radius 2 is 1.95 bits per heavy atom. The van der Waals surface area contributed by atoms with Gasteiger partial charge >= 0.3 is 0 Å². The normalized spacial score (nSPS) is 11.2. The van der Waals surface area contributed by atoms with Crippen LogP contribution in [0.5, 0.6) is 0 Å². The molecule has 0 spiro atoms. The summed E-state index contributed by atoms with van der Waals surface area (Å²) in [5.74, 6) is 0.0348. The first-order valence-corrected chi connectivity index (χ1v) is 7.52. The molecule has 0 saturated carbocycles. The molecular formula is C15H16FN3OS. The smallest absolute Gasteiger partial charge is 0.225 e. The minimum atomic E-state index is -0.251. The van der Waals surface area contributed by atoms with Gasteiger partial charge in [-0.2, -0.15) is 22.3 Å². The van der Waals surface area contributed by atoms with Crippen molar-refractivity contribution in [1.29, 1.82) is 10.5 Å². The molecule has 1 amide bonds. The highest BCUT2D eigenvalue weighted by atomic mass is 32.2. The molecular weight excluding hydrogens is 289 g/mol. The lowest BCUT2D eigenvalue weighted by Crippen LogP contribution is -2.32. The lowest BCUT2D eigenvalue weighted by Gasteiger charge is -2.17. The van der Waals surface area contributed by atoms with E-state index in [1.165, 1.54) is 22.7 Å². The van der Waals surface area contributed by atoms with E-state index in [0.717, 1.165) is 0 Å². The first kappa shape index (κ1) is 17.0. The van der Waals surface area contributed by atoms with Gasteiger partial charge in [0.25, 0.3) is 0 Å². The Labute approximate surface area is 128 Å². The van der Waals surface area contributed by atoms with Crippen LogP contribution in [0.2, 0.25) is 0 Å². The first-order valence-electron chi connectivity index (χ1n) is 6.47. The van der Waals surface area contributed by atoms with E-state index in [2.05, 4.69) is 0 Å². The SMILES string of the molecule is C[C@@H](SCCC(=O)N(CC#N)CC#N)c1ccccc1F. The van der Waals surface area contributed by atoms with E-state index in [-0.39, 0.29) is 36.5 Å². The molecule has 1 atom stereocenters. The quantitative estimate of drug-likeness (QED) is 0.726. The maximum Gasteiger partial charge on any atom is 0.225 e. The molecule has 110 valence electrons. The summed E-state index contributed by atoms with van der Waals surface area (Å²) in [6, 6.07) is 10.3. The molecule has 6 heteroatoms. The van der Waals surface area contributed by atoms with Crippen LogP contribution in [0.15, 0.2) is 24.3 Å². The number of halogens is 1. The summed E-state index contributed by atoms with van der Waals surface area (Å²) < 4.78 is 13.6. The van der Waals surface area contributed by atoms with Crippen LogP contribution in [0.3, 0.4) is 0 Å². The van der Waals surface area contributed by atoms with Crippen molar-refractivity contribution in [3.05, 3.63) is 35.6 Å². The Balaban J connectivity index is 2.46. The van der Waals surface area contributed by atoms with Crippen LogP contribution < -0.4 is 0 Å². The van der Waals surface area contributed by atoms with Crippen molar-refractivity contribution in [1.82, 2.24) is 4.90 Å². The molecule has 0 aliphatic carbocycles. The van der Waals surface area contributed by atoms with E-state index in [4.69, 9.17) is 10.5 Å². The third-order valence-corrected chi connectivity index (χ3v) is 4.10. The van der Waals surface area contributed by atoms with E-state index in [9.17, 15) is 9.18 Å². The van der Waals surface area contributed by atoms with Gasteiger partial charge in [-0.1, -0.05) is 18.2 Å². The number of thioether (sulfide) groups is 1. The maximum absolute atomic E-state index is 13.6. The highest BCUT2D eigenvalue weighted by Crippen LogP contribution is 2.30. The third-order valence-electron chi connectivity index (χ3n) is 2.90. The summed E-state index contributed by atoms with van der Waals surface area (Å²) >= 11 is 1.47. The minimum absolute atomic E-state index is 0.0561. The maximum atomic E-state index is 13.6. The average molecular weight is 305 g/mol. The predicted molar refractivity (Wildman–Crippen MR) is 79.7 cm³/mol. The van der Waals surface area contributed by atoms with Crippen molar-refractivity contribution < 1.29 is 9.18 Å². The van der Waals surface area contributed by atoms with Crippen LogP contribution >= 0.6 is 11.8 Å². The zero-order chi connectivity index (χ0) is 15.7. The standard InChI is InChI=1S/C15H16FN3OS/c1-12(13-4-2-3-5-14(13)16)21-11-6-15(20)19(9-7-17)10-8-18/h2-5,12H,6,9-11H2,1H3/t12-/m1/s1. The molecule has 0 aliphatic rings. The number of nitrogens with zero attached hydrogens (tertiary/aromatic N) is 3. The second kappa shape index (κ2) is 8.99. The fraction of sp³-hybridized carbons (Fsp3) is 0.400. The van der Waals surface area contributed by atoms with Crippen LogP contribution in [0.25, 0.3) is 0 Å². The monoisotopic (exact) mass is 305 g/mol. The molecule has 0 heterocycles. The number of carbonyl (C=O) groups is 1. The second-order valence-corrected chi connectivity index (χ2v) is 5.80. The molecule has 0 fully saturated rings. The molecule has 0 aromatic heterocycles. The van der Waals surface area contributed by atoms with Gasteiger partial charge < -0.3 is 4.90 Å². The lowest BCUT2D eigenvalue weighted by molar-refractivity contribution is -0.129. The molecule has 0 unspecified atom stereocenters. The van der Waals surface area contributed by atoms with Crippen LogP contribution in [-0.4, -0.2) is 29.6 Å². The highest BCUT2D eigenvalue weighted by molar-refractivity contribution is 7.99. The van der Waals surface area contributed by atoms with Gasteiger partial charge in [-0.05, 0) is 13.0 Å². The van der Waals surface area contributed by atoms with Gasteiger partial charge in [-0.25, -0.2) is 4.39 Å². The summed E-state index contributed by atoms with van der Waals surface area (Å²) in [5.41, 5.74) is 0.612. The molecule has 0 N–H and O–H groups in total. The zero-order valence-corrected chi connectivity index (χ0v) is 12.6. The van der Waals surface area contributed by atoms with Gasteiger partial charge in [-0.15, -0.1) is 0 Å². The van der Waals surface area contributed by atoms with E-state index in [1.54, 1.807) is 18.2 Å². The third kappa shape index (κ3) is 5.45. The van der Waals surface area contributed by atoms with Crippen molar-refractivity contribution in [3.63, 3.8) is 0 Å². The number of rotatable bonds is 7. The summed E-state index contributed by atoms with van der Waals surface area (Å²) in [7, 11) is 0. The predicted octanol–water partition coefficient (Wildman–Crippen LogP) is 2.89. The van der Waals surface area contributed by atoms with Crippen molar-refractivity contribution in [2.45, 2.75) is 18.6 Å². The molecule has 4 nitrogen and oxygen atoms in total. The van der Waals surface area contributed by atoms with Gasteiger partial charge in [0.1, 0.15) is 18.9 Å². The molecule has 1 rings (SSSR count).